The van der Waals surface area contributed by atoms with Gasteiger partial charge in [0.1, 0.15) is 11.5 Å². The van der Waals surface area contributed by atoms with Crippen LogP contribution in [0.5, 0.6) is 11.5 Å². The summed E-state index contributed by atoms with van der Waals surface area (Å²) >= 11 is 0. The average Bonchev–Trinajstić information content (AvgIpc) is 2.80. The summed E-state index contributed by atoms with van der Waals surface area (Å²) in [5.41, 5.74) is 8.22. The minimum Gasteiger partial charge on any atom is -0.507 e. The molecule has 3 atom stereocenters. The third-order valence-electron chi connectivity index (χ3n) is 7.09. The monoisotopic (exact) mass is 492 g/mol. The van der Waals surface area contributed by atoms with Crippen LogP contribution in [0.1, 0.15) is 85.3 Å². The minimum atomic E-state index is -0.143. The molecule has 3 N–H and O–H groups in total. The van der Waals surface area contributed by atoms with Gasteiger partial charge in [-0.3, -0.25) is 0 Å². The van der Waals surface area contributed by atoms with E-state index < -0.39 is 0 Å². The largest absolute Gasteiger partial charge is 0.507 e. The zero-order valence-corrected chi connectivity index (χ0v) is 22.8. The summed E-state index contributed by atoms with van der Waals surface area (Å²) in [4.78, 5) is 0. The molecule has 3 rings (SSSR count). The van der Waals surface area contributed by atoms with Crippen molar-refractivity contribution in [3.63, 3.8) is 0 Å². The molecule has 0 fully saturated rings. The van der Waals surface area contributed by atoms with Crippen molar-refractivity contribution in [1.82, 2.24) is 0 Å². The quantitative estimate of drug-likeness (QED) is 0.248. The lowest BCUT2D eigenvalue weighted by molar-refractivity contribution is 0.299. The molecule has 1 aliphatic carbocycles. The Morgan fingerprint density at radius 1 is 1.03 bits per heavy atom. The van der Waals surface area contributed by atoms with Crippen molar-refractivity contribution in [2.45, 2.75) is 72.1 Å². The van der Waals surface area contributed by atoms with Crippen molar-refractivity contribution < 1.29 is 15.3 Å². The number of allylic oxidation sites excluding steroid dienone is 4. The standard InChI is InChI=1S/C31H41O3P/c1-20(2)7-5-8-23-9-6-10-26(17-23)29(27-18-24(11-13-32)15-21(3)30(27)33)28-19-25(12-14-35)16-22(4)31(28)34/h7,9,12,14-16,18-19,26,29,32-34H,5-6,8,10-11,13,17,35H2,1-4H3. The lowest BCUT2D eigenvalue weighted by Gasteiger charge is -2.33. The summed E-state index contributed by atoms with van der Waals surface area (Å²) in [7, 11) is 2.61. The molecule has 0 heterocycles. The molecule has 0 bridgehead atoms. The van der Waals surface area contributed by atoms with Crippen molar-refractivity contribution in [3.05, 3.63) is 86.8 Å². The van der Waals surface area contributed by atoms with Crippen LogP contribution in [0.3, 0.4) is 0 Å². The Balaban J connectivity index is 2.13. The maximum absolute atomic E-state index is 11.3. The molecule has 3 unspecified atom stereocenters. The predicted octanol–water partition coefficient (Wildman–Crippen LogP) is 7.70. The van der Waals surface area contributed by atoms with Crippen LogP contribution in [0.15, 0.2) is 53.4 Å². The van der Waals surface area contributed by atoms with Gasteiger partial charge in [-0.1, -0.05) is 47.3 Å². The molecule has 4 heteroatoms. The first kappa shape index (κ1) is 27.2. The van der Waals surface area contributed by atoms with Gasteiger partial charge in [-0.25, -0.2) is 0 Å². The molecular weight excluding hydrogens is 451 g/mol. The summed E-state index contributed by atoms with van der Waals surface area (Å²) in [5.74, 6) is 2.65. The Morgan fingerprint density at radius 2 is 1.71 bits per heavy atom. The number of phenols is 2. The van der Waals surface area contributed by atoms with Gasteiger partial charge in [0.05, 0.1) is 0 Å². The second kappa shape index (κ2) is 12.6. The second-order valence-corrected chi connectivity index (χ2v) is 10.5. The van der Waals surface area contributed by atoms with E-state index >= 15 is 0 Å². The number of aliphatic hydroxyl groups excluding tert-OH is 1. The van der Waals surface area contributed by atoms with E-state index in [0.717, 1.165) is 65.5 Å². The fourth-order valence-corrected chi connectivity index (χ4v) is 5.63. The van der Waals surface area contributed by atoms with Gasteiger partial charge in [-0.2, -0.15) is 0 Å². The van der Waals surface area contributed by atoms with Crippen molar-refractivity contribution in [1.29, 1.82) is 0 Å². The van der Waals surface area contributed by atoms with E-state index in [-0.39, 0.29) is 18.4 Å². The summed E-state index contributed by atoms with van der Waals surface area (Å²) in [6.45, 7) is 8.20. The molecule has 0 saturated carbocycles. The highest BCUT2D eigenvalue weighted by molar-refractivity contribution is 7.21. The lowest BCUT2D eigenvalue weighted by atomic mass is 9.71. The first-order valence-electron chi connectivity index (χ1n) is 12.7. The number of benzene rings is 2. The fraction of sp³-hybridized carbons (Fsp3) is 0.419. The van der Waals surface area contributed by atoms with Gasteiger partial charge in [0.15, 0.2) is 0 Å². The molecule has 2 aromatic rings. The molecule has 0 radical (unpaired) electrons. The summed E-state index contributed by atoms with van der Waals surface area (Å²) in [6.07, 6.45) is 12.3. The highest BCUT2D eigenvalue weighted by Gasteiger charge is 2.32. The maximum atomic E-state index is 11.3. The highest BCUT2D eigenvalue weighted by atomic mass is 31.0. The number of phenolic OH excluding ortho intramolecular Hbond substituents is 2. The van der Waals surface area contributed by atoms with E-state index in [9.17, 15) is 15.3 Å². The van der Waals surface area contributed by atoms with E-state index in [0.29, 0.717) is 17.9 Å². The topological polar surface area (TPSA) is 60.7 Å². The van der Waals surface area contributed by atoms with Gasteiger partial charge in [0.2, 0.25) is 0 Å². The Labute approximate surface area is 213 Å². The Morgan fingerprint density at radius 3 is 2.37 bits per heavy atom. The highest BCUT2D eigenvalue weighted by Crippen LogP contribution is 2.48. The van der Waals surface area contributed by atoms with Crippen LogP contribution in [0.4, 0.5) is 0 Å². The van der Waals surface area contributed by atoms with Gasteiger partial charge < -0.3 is 15.3 Å². The summed E-state index contributed by atoms with van der Waals surface area (Å²) < 4.78 is 0. The molecule has 35 heavy (non-hydrogen) atoms. The number of rotatable bonds is 9. The third kappa shape index (κ3) is 6.87. The Bertz CT molecular complexity index is 1120. The zero-order valence-electron chi connectivity index (χ0n) is 21.6. The molecule has 0 saturated heterocycles. The van der Waals surface area contributed by atoms with E-state index in [2.05, 4.69) is 41.3 Å². The number of hydrogen-bond donors (Lipinski definition) is 3. The normalized spacial score (nSPS) is 16.9. The van der Waals surface area contributed by atoms with Crippen molar-refractivity contribution in [2.75, 3.05) is 6.61 Å². The maximum Gasteiger partial charge on any atom is 0.122 e. The van der Waals surface area contributed by atoms with Crippen LogP contribution in [0.2, 0.25) is 0 Å². The molecule has 0 spiro atoms. The molecule has 2 aromatic carbocycles. The summed E-state index contributed by atoms with van der Waals surface area (Å²) in [5, 5.41) is 32.1. The SMILES string of the molecule is CC(C)=CCCC1=CCCC(C(c2cc(C=CP)cc(C)c2O)c2cc(CCO)cc(C)c2O)C1. The zero-order chi connectivity index (χ0) is 25.5. The van der Waals surface area contributed by atoms with Crippen LogP contribution in [0, 0.1) is 19.8 Å². The third-order valence-corrected chi connectivity index (χ3v) is 7.28. The second-order valence-electron chi connectivity index (χ2n) is 10.2. The molecule has 0 amide bonds. The van der Waals surface area contributed by atoms with Gasteiger partial charge in [-0.05, 0) is 107 Å². The van der Waals surface area contributed by atoms with Crippen LogP contribution in [-0.2, 0) is 6.42 Å². The van der Waals surface area contributed by atoms with E-state index in [1.165, 1.54) is 11.1 Å². The molecule has 3 nitrogen and oxygen atoms in total. The lowest BCUT2D eigenvalue weighted by Crippen LogP contribution is -2.19. The van der Waals surface area contributed by atoms with E-state index in [1.54, 1.807) is 0 Å². The van der Waals surface area contributed by atoms with Crippen molar-refractivity contribution in [3.8, 4) is 11.5 Å². The van der Waals surface area contributed by atoms with Gasteiger partial charge in [-0.15, -0.1) is 9.24 Å². The van der Waals surface area contributed by atoms with Crippen LogP contribution >= 0.6 is 9.24 Å². The van der Waals surface area contributed by atoms with Crippen LogP contribution in [0.25, 0.3) is 6.08 Å². The van der Waals surface area contributed by atoms with Crippen molar-refractivity contribution >= 4 is 15.3 Å². The number of hydrogen-bond acceptors (Lipinski definition) is 3. The molecule has 188 valence electrons. The average molecular weight is 493 g/mol. The van der Waals surface area contributed by atoms with E-state index in [1.807, 2.05) is 43.9 Å². The van der Waals surface area contributed by atoms with Crippen LogP contribution in [-0.4, -0.2) is 21.9 Å². The van der Waals surface area contributed by atoms with Gasteiger partial charge in [0, 0.05) is 23.7 Å². The Hall–Kier alpha value is -2.35. The number of aromatic hydroxyl groups is 2. The smallest absolute Gasteiger partial charge is 0.122 e. The van der Waals surface area contributed by atoms with E-state index in [4.69, 9.17) is 0 Å². The number of aryl methyl sites for hydroxylation is 2. The molecule has 0 aliphatic heterocycles. The minimum absolute atomic E-state index is 0.0633. The van der Waals surface area contributed by atoms with Gasteiger partial charge >= 0.3 is 0 Å². The molecule has 0 aromatic heterocycles. The fourth-order valence-electron chi connectivity index (χ4n) is 5.41. The van der Waals surface area contributed by atoms with Gasteiger partial charge in [0.25, 0.3) is 0 Å². The first-order valence-corrected chi connectivity index (χ1v) is 13.4. The van der Waals surface area contributed by atoms with Crippen LogP contribution < -0.4 is 0 Å². The Kier molecular flexibility index (Phi) is 9.78. The summed E-state index contributed by atoms with van der Waals surface area (Å²) in [6, 6.07) is 8.06. The van der Waals surface area contributed by atoms with Crippen molar-refractivity contribution in [2.24, 2.45) is 5.92 Å². The molecule has 1 aliphatic rings. The number of aliphatic hydroxyl groups is 1. The molecular formula is C31H41O3P. The predicted molar refractivity (Wildman–Crippen MR) is 151 cm³/mol. The first-order chi connectivity index (χ1) is 16.7.